The van der Waals surface area contributed by atoms with E-state index in [0.717, 1.165) is 5.39 Å². The van der Waals surface area contributed by atoms with Crippen molar-refractivity contribution in [2.75, 3.05) is 5.73 Å². The van der Waals surface area contributed by atoms with E-state index in [1.807, 2.05) is 12.1 Å². The minimum Gasteiger partial charge on any atom is -0.398 e. The van der Waals surface area contributed by atoms with Crippen LogP contribution in [-0.4, -0.2) is 0 Å². The highest BCUT2D eigenvalue weighted by atomic mass is 19.1. The maximum Gasteiger partial charge on any atom is 0.131 e. The Morgan fingerprint density at radius 1 is 0.917 bits per heavy atom. The average molecular weight is 161 g/mol. The standard InChI is InChI=1S/C10H8FN/c11-9-5-6-10(12)8-4-2-1-3-7(8)9/h1-6H,12H2. The smallest absolute Gasteiger partial charge is 0.131 e. The molecule has 2 rings (SSSR count). The molecule has 0 spiro atoms. The van der Waals surface area contributed by atoms with E-state index < -0.39 is 0 Å². The molecular formula is C10H8FN. The molecular weight excluding hydrogens is 153 g/mol. The van der Waals surface area contributed by atoms with Gasteiger partial charge in [-0.15, -0.1) is 0 Å². The minimum absolute atomic E-state index is 0.222. The molecule has 0 heterocycles. The average Bonchev–Trinajstić information content (AvgIpc) is 2.12. The van der Waals surface area contributed by atoms with Gasteiger partial charge in [0.1, 0.15) is 5.82 Å². The van der Waals surface area contributed by atoms with Crippen LogP contribution in [0.25, 0.3) is 10.8 Å². The molecule has 0 saturated carbocycles. The van der Waals surface area contributed by atoms with E-state index in [-0.39, 0.29) is 5.82 Å². The lowest BCUT2D eigenvalue weighted by molar-refractivity contribution is 0.640. The number of anilines is 1. The monoisotopic (exact) mass is 161 g/mol. The van der Waals surface area contributed by atoms with E-state index in [1.165, 1.54) is 6.07 Å². The van der Waals surface area contributed by atoms with E-state index in [1.54, 1.807) is 18.2 Å². The highest BCUT2D eigenvalue weighted by Gasteiger charge is 2.00. The Hall–Kier alpha value is -1.57. The molecule has 0 aliphatic heterocycles. The van der Waals surface area contributed by atoms with Gasteiger partial charge in [-0.3, -0.25) is 0 Å². The van der Waals surface area contributed by atoms with Gasteiger partial charge in [0.2, 0.25) is 0 Å². The molecule has 2 aromatic carbocycles. The van der Waals surface area contributed by atoms with Gasteiger partial charge in [-0.25, -0.2) is 4.39 Å². The molecule has 0 aliphatic rings. The molecule has 0 atom stereocenters. The second kappa shape index (κ2) is 2.48. The molecule has 0 fully saturated rings. The fourth-order valence-corrected chi connectivity index (χ4v) is 1.29. The lowest BCUT2D eigenvalue weighted by Gasteiger charge is -2.01. The second-order valence-electron chi connectivity index (χ2n) is 2.68. The molecule has 0 amide bonds. The highest BCUT2D eigenvalue weighted by Crippen LogP contribution is 2.22. The molecule has 0 unspecified atom stereocenters. The van der Waals surface area contributed by atoms with E-state index in [9.17, 15) is 4.39 Å². The predicted octanol–water partition coefficient (Wildman–Crippen LogP) is 2.56. The van der Waals surface area contributed by atoms with Crippen molar-refractivity contribution in [3.63, 3.8) is 0 Å². The summed E-state index contributed by atoms with van der Waals surface area (Å²) in [6.07, 6.45) is 0. The van der Waals surface area contributed by atoms with Gasteiger partial charge in [0.05, 0.1) is 0 Å². The van der Waals surface area contributed by atoms with Crippen LogP contribution in [0.4, 0.5) is 10.1 Å². The van der Waals surface area contributed by atoms with Gasteiger partial charge >= 0.3 is 0 Å². The summed E-state index contributed by atoms with van der Waals surface area (Å²) in [6, 6.07) is 10.1. The molecule has 0 aromatic heterocycles. The predicted molar refractivity (Wildman–Crippen MR) is 48.3 cm³/mol. The summed E-state index contributed by atoms with van der Waals surface area (Å²) in [5.74, 6) is -0.222. The number of benzene rings is 2. The molecule has 12 heavy (non-hydrogen) atoms. The first-order valence-electron chi connectivity index (χ1n) is 3.72. The second-order valence-corrected chi connectivity index (χ2v) is 2.68. The molecule has 2 heteroatoms. The van der Waals surface area contributed by atoms with Crippen LogP contribution >= 0.6 is 0 Å². The maximum atomic E-state index is 13.1. The van der Waals surface area contributed by atoms with Gasteiger partial charge in [0.15, 0.2) is 0 Å². The first-order valence-corrected chi connectivity index (χ1v) is 3.72. The van der Waals surface area contributed by atoms with Crippen molar-refractivity contribution < 1.29 is 4.39 Å². The van der Waals surface area contributed by atoms with Crippen molar-refractivity contribution in [3.8, 4) is 0 Å². The summed E-state index contributed by atoms with van der Waals surface area (Å²) >= 11 is 0. The SMILES string of the molecule is Nc1ccc(F)c2ccccc12. The topological polar surface area (TPSA) is 26.0 Å². The summed E-state index contributed by atoms with van der Waals surface area (Å²) in [5.41, 5.74) is 6.28. The lowest BCUT2D eigenvalue weighted by Crippen LogP contribution is -1.88. The molecule has 0 saturated heterocycles. The van der Waals surface area contributed by atoms with Gasteiger partial charge in [-0.1, -0.05) is 24.3 Å². The van der Waals surface area contributed by atoms with Crippen molar-refractivity contribution in [2.24, 2.45) is 0 Å². The van der Waals surface area contributed by atoms with Crippen molar-refractivity contribution in [1.82, 2.24) is 0 Å². The minimum atomic E-state index is -0.222. The van der Waals surface area contributed by atoms with Gasteiger partial charge in [-0.05, 0) is 12.1 Å². The van der Waals surface area contributed by atoms with Gasteiger partial charge < -0.3 is 5.73 Å². The number of hydrogen-bond donors (Lipinski definition) is 1. The Kier molecular flexibility index (Phi) is 1.47. The Morgan fingerprint density at radius 2 is 1.58 bits per heavy atom. The number of fused-ring (bicyclic) bond motifs is 1. The van der Waals surface area contributed by atoms with E-state index in [4.69, 9.17) is 5.73 Å². The van der Waals surface area contributed by atoms with Crippen molar-refractivity contribution >= 4 is 16.5 Å². The van der Waals surface area contributed by atoms with Gasteiger partial charge in [0, 0.05) is 16.5 Å². The van der Waals surface area contributed by atoms with Crippen molar-refractivity contribution in [3.05, 3.63) is 42.2 Å². The Morgan fingerprint density at radius 3 is 2.25 bits per heavy atom. The maximum absolute atomic E-state index is 13.1. The Balaban J connectivity index is 2.95. The summed E-state index contributed by atoms with van der Waals surface area (Å²) in [4.78, 5) is 0. The van der Waals surface area contributed by atoms with Crippen LogP contribution in [0.2, 0.25) is 0 Å². The van der Waals surface area contributed by atoms with Crippen LogP contribution in [-0.2, 0) is 0 Å². The first kappa shape index (κ1) is 7.10. The largest absolute Gasteiger partial charge is 0.398 e. The Bertz CT molecular complexity index is 383. The van der Waals surface area contributed by atoms with Crippen LogP contribution in [0.1, 0.15) is 0 Å². The van der Waals surface area contributed by atoms with Crippen LogP contribution in [0.3, 0.4) is 0 Å². The fraction of sp³-hybridized carbons (Fsp3) is 0. The highest BCUT2D eigenvalue weighted by molar-refractivity contribution is 5.93. The van der Waals surface area contributed by atoms with Crippen LogP contribution in [0.5, 0.6) is 0 Å². The van der Waals surface area contributed by atoms with Gasteiger partial charge in [-0.2, -0.15) is 0 Å². The lowest BCUT2D eigenvalue weighted by atomic mass is 10.1. The zero-order valence-electron chi connectivity index (χ0n) is 6.42. The summed E-state index contributed by atoms with van der Waals surface area (Å²) in [6.45, 7) is 0. The number of nitrogen functional groups attached to an aromatic ring is 1. The zero-order chi connectivity index (χ0) is 8.55. The summed E-state index contributed by atoms with van der Waals surface area (Å²) in [7, 11) is 0. The third-order valence-corrected chi connectivity index (χ3v) is 1.90. The number of halogens is 1. The van der Waals surface area contributed by atoms with Crippen LogP contribution in [0.15, 0.2) is 36.4 Å². The van der Waals surface area contributed by atoms with Crippen LogP contribution in [0, 0.1) is 5.82 Å². The third kappa shape index (κ3) is 0.925. The molecule has 2 aromatic rings. The first-order chi connectivity index (χ1) is 5.79. The molecule has 0 aliphatic carbocycles. The quantitative estimate of drug-likeness (QED) is 0.590. The molecule has 60 valence electrons. The molecule has 0 bridgehead atoms. The number of rotatable bonds is 0. The summed E-state index contributed by atoms with van der Waals surface area (Å²) < 4.78 is 13.1. The third-order valence-electron chi connectivity index (χ3n) is 1.90. The number of hydrogen-bond acceptors (Lipinski definition) is 1. The molecule has 2 N–H and O–H groups in total. The molecule has 0 radical (unpaired) electrons. The Labute approximate surface area is 69.6 Å². The summed E-state index contributed by atoms with van der Waals surface area (Å²) in [5, 5.41) is 1.36. The van der Waals surface area contributed by atoms with E-state index >= 15 is 0 Å². The van der Waals surface area contributed by atoms with E-state index in [2.05, 4.69) is 0 Å². The van der Waals surface area contributed by atoms with Crippen molar-refractivity contribution in [2.45, 2.75) is 0 Å². The van der Waals surface area contributed by atoms with Gasteiger partial charge in [0.25, 0.3) is 0 Å². The normalized spacial score (nSPS) is 10.4. The van der Waals surface area contributed by atoms with Crippen molar-refractivity contribution in [1.29, 1.82) is 0 Å². The molecule has 1 nitrogen and oxygen atoms in total. The zero-order valence-corrected chi connectivity index (χ0v) is 6.42. The number of nitrogens with two attached hydrogens (primary N) is 1. The van der Waals surface area contributed by atoms with E-state index in [0.29, 0.717) is 11.1 Å². The van der Waals surface area contributed by atoms with Crippen LogP contribution < -0.4 is 5.73 Å². The fourth-order valence-electron chi connectivity index (χ4n) is 1.29.